The van der Waals surface area contributed by atoms with Crippen LogP contribution < -0.4 is 9.80 Å². The monoisotopic (exact) mass is 442 g/mol. The van der Waals surface area contributed by atoms with Crippen LogP contribution in [0.4, 0.5) is 11.8 Å². The van der Waals surface area contributed by atoms with Gasteiger partial charge >= 0.3 is 0 Å². The molecule has 7 nitrogen and oxygen atoms in total. The normalized spacial score (nSPS) is 22.6. The maximum Gasteiger partial charge on any atom is 0.229 e. The molecule has 0 atom stereocenters. The Morgan fingerprint density at radius 3 is 2.35 bits per heavy atom. The first-order chi connectivity index (χ1) is 15.4. The number of thioether (sulfide) groups is 1. The van der Waals surface area contributed by atoms with Crippen molar-refractivity contribution >= 4 is 34.6 Å². The zero-order chi connectivity index (χ0) is 20.6. The lowest BCUT2D eigenvalue weighted by atomic mass is 10.1. The van der Waals surface area contributed by atoms with E-state index in [1.165, 1.54) is 59.5 Å². The Kier molecular flexibility index (Phi) is 5.71. The van der Waals surface area contributed by atoms with Crippen molar-refractivity contribution in [3.63, 3.8) is 0 Å². The van der Waals surface area contributed by atoms with E-state index in [1.807, 2.05) is 0 Å². The standard InChI is InChI=1S/C23H34N6OS/c1-2-7-27(6-1)21-20-18-17-31-16-5-19(18)29(11-10-26-12-14-30-15-13-26)22(20)25-23(24-21)28-8-3-4-9-28/h1-17H2. The predicted molar refractivity (Wildman–Crippen MR) is 128 cm³/mol. The molecule has 0 spiro atoms. The van der Waals surface area contributed by atoms with E-state index in [9.17, 15) is 0 Å². The molecular formula is C23H34N6OS. The van der Waals surface area contributed by atoms with E-state index in [-0.39, 0.29) is 0 Å². The van der Waals surface area contributed by atoms with Gasteiger partial charge in [0.1, 0.15) is 11.5 Å². The molecule has 6 rings (SSSR count). The first-order valence-electron chi connectivity index (χ1n) is 12.2. The molecule has 0 N–H and O–H groups in total. The number of hydrogen-bond acceptors (Lipinski definition) is 7. The van der Waals surface area contributed by atoms with E-state index in [0.717, 1.165) is 83.7 Å². The highest BCUT2D eigenvalue weighted by atomic mass is 32.2. The lowest BCUT2D eigenvalue weighted by molar-refractivity contribution is 0.0364. The molecule has 0 saturated carbocycles. The fraction of sp³-hybridized carbons (Fsp3) is 0.739. The molecular weight excluding hydrogens is 408 g/mol. The Morgan fingerprint density at radius 2 is 1.58 bits per heavy atom. The highest BCUT2D eigenvalue weighted by Crippen LogP contribution is 2.40. The van der Waals surface area contributed by atoms with Gasteiger partial charge in [-0.15, -0.1) is 0 Å². The molecule has 0 aromatic carbocycles. The lowest BCUT2D eigenvalue weighted by Gasteiger charge is -2.27. The summed E-state index contributed by atoms with van der Waals surface area (Å²) in [5.41, 5.74) is 4.23. The van der Waals surface area contributed by atoms with Crippen LogP contribution in [0.15, 0.2) is 0 Å². The van der Waals surface area contributed by atoms with Crippen molar-refractivity contribution < 1.29 is 4.74 Å². The highest BCUT2D eigenvalue weighted by Gasteiger charge is 2.29. The van der Waals surface area contributed by atoms with Crippen molar-refractivity contribution in [2.75, 3.05) is 74.6 Å². The first kappa shape index (κ1) is 20.1. The molecule has 4 aliphatic rings. The Hall–Kier alpha value is -1.51. The third-order valence-corrected chi connectivity index (χ3v) is 8.34. The van der Waals surface area contributed by atoms with E-state index in [4.69, 9.17) is 14.7 Å². The molecule has 3 saturated heterocycles. The van der Waals surface area contributed by atoms with Crippen LogP contribution >= 0.6 is 11.8 Å². The molecule has 6 heterocycles. The molecule has 3 fully saturated rings. The number of nitrogens with zero attached hydrogens (tertiary/aromatic N) is 6. The summed E-state index contributed by atoms with van der Waals surface area (Å²) in [4.78, 5) is 18.0. The van der Waals surface area contributed by atoms with Crippen LogP contribution in [0.5, 0.6) is 0 Å². The van der Waals surface area contributed by atoms with E-state index >= 15 is 0 Å². The molecule has 0 unspecified atom stereocenters. The molecule has 2 aromatic heterocycles. The molecule has 0 radical (unpaired) electrons. The van der Waals surface area contributed by atoms with E-state index in [0.29, 0.717) is 0 Å². The minimum absolute atomic E-state index is 0.863. The summed E-state index contributed by atoms with van der Waals surface area (Å²) in [6, 6.07) is 0. The van der Waals surface area contributed by atoms with Gasteiger partial charge in [-0.05, 0) is 43.4 Å². The summed E-state index contributed by atoms with van der Waals surface area (Å²) in [7, 11) is 0. The van der Waals surface area contributed by atoms with Crippen LogP contribution in [0.3, 0.4) is 0 Å². The number of rotatable bonds is 5. The van der Waals surface area contributed by atoms with E-state index < -0.39 is 0 Å². The molecule has 0 amide bonds. The molecule has 168 valence electrons. The van der Waals surface area contributed by atoms with Gasteiger partial charge < -0.3 is 19.1 Å². The van der Waals surface area contributed by atoms with Gasteiger partial charge in [0.25, 0.3) is 0 Å². The fourth-order valence-corrected chi connectivity index (χ4v) is 6.63. The van der Waals surface area contributed by atoms with Gasteiger partial charge in [-0.25, -0.2) is 0 Å². The summed E-state index contributed by atoms with van der Waals surface area (Å²) in [5.74, 6) is 4.49. The number of fused-ring (bicyclic) bond motifs is 3. The fourth-order valence-electron chi connectivity index (χ4n) is 5.63. The Balaban J connectivity index is 1.45. The Morgan fingerprint density at radius 1 is 0.839 bits per heavy atom. The van der Waals surface area contributed by atoms with E-state index in [1.54, 1.807) is 0 Å². The van der Waals surface area contributed by atoms with E-state index in [2.05, 4.69) is 31.0 Å². The first-order valence-corrected chi connectivity index (χ1v) is 13.3. The summed E-state index contributed by atoms with van der Waals surface area (Å²) in [6.07, 6.45) is 6.22. The second kappa shape index (κ2) is 8.79. The lowest BCUT2D eigenvalue weighted by Crippen LogP contribution is -2.38. The van der Waals surface area contributed by atoms with Crippen molar-refractivity contribution in [1.82, 2.24) is 19.4 Å². The zero-order valence-electron chi connectivity index (χ0n) is 18.5. The van der Waals surface area contributed by atoms with Gasteiger partial charge in [-0.2, -0.15) is 21.7 Å². The summed E-state index contributed by atoms with van der Waals surface area (Å²) in [5, 5.41) is 1.36. The minimum atomic E-state index is 0.863. The van der Waals surface area contributed by atoms with Gasteiger partial charge in [0.05, 0.1) is 18.6 Å². The highest BCUT2D eigenvalue weighted by molar-refractivity contribution is 7.98. The van der Waals surface area contributed by atoms with Crippen LogP contribution in [0.25, 0.3) is 11.0 Å². The summed E-state index contributed by atoms with van der Waals surface area (Å²) in [6.45, 7) is 10.4. The maximum atomic E-state index is 5.56. The van der Waals surface area contributed by atoms with Gasteiger partial charge in [-0.3, -0.25) is 4.90 Å². The van der Waals surface area contributed by atoms with Crippen molar-refractivity contribution in [1.29, 1.82) is 0 Å². The van der Waals surface area contributed by atoms with Crippen LogP contribution in [-0.4, -0.2) is 84.2 Å². The zero-order valence-corrected chi connectivity index (χ0v) is 19.3. The van der Waals surface area contributed by atoms with Crippen molar-refractivity contribution in [3.8, 4) is 0 Å². The Labute approximate surface area is 189 Å². The van der Waals surface area contributed by atoms with Gasteiger partial charge in [0.15, 0.2) is 0 Å². The third kappa shape index (κ3) is 3.80. The Bertz CT molecular complexity index is 928. The molecule has 2 aromatic rings. The summed E-state index contributed by atoms with van der Waals surface area (Å²) < 4.78 is 8.13. The van der Waals surface area contributed by atoms with Gasteiger partial charge in [-0.1, -0.05) is 0 Å². The van der Waals surface area contributed by atoms with Crippen molar-refractivity contribution in [2.24, 2.45) is 0 Å². The minimum Gasteiger partial charge on any atom is -0.379 e. The second-order valence-electron chi connectivity index (χ2n) is 9.27. The van der Waals surface area contributed by atoms with Crippen LogP contribution in [0, 0.1) is 0 Å². The quantitative estimate of drug-likeness (QED) is 0.706. The number of hydrogen-bond donors (Lipinski definition) is 0. The summed E-state index contributed by atoms with van der Waals surface area (Å²) >= 11 is 2.07. The smallest absolute Gasteiger partial charge is 0.229 e. The molecule has 0 bridgehead atoms. The average Bonchev–Trinajstić information content (AvgIpc) is 3.59. The van der Waals surface area contributed by atoms with Crippen LogP contribution in [0.1, 0.15) is 36.9 Å². The number of ether oxygens (including phenoxy) is 1. The van der Waals surface area contributed by atoms with Crippen molar-refractivity contribution in [2.45, 2.75) is 44.4 Å². The number of anilines is 2. The van der Waals surface area contributed by atoms with Gasteiger partial charge in [0.2, 0.25) is 5.95 Å². The van der Waals surface area contributed by atoms with Crippen LogP contribution in [-0.2, 0) is 23.5 Å². The molecule has 4 aliphatic heterocycles. The number of morpholine rings is 1. The second-order valence-corrected chi connectivity index (χ2v) is 10.4. The number of aromatic nitrogens is 3. The molecule has 0 aliphatic carbocycles. The maximum absolute atomic E-state index is 5.56. The largest absolute Gasteiger partial charge is 0.379 e. The van der Waals surface area contributed by atoms with Crippen LogP contribution in [0.2, 0.25) is 0 Å². The topological polar surface area (TPSA) is 49.7 Å². The van der Waals surface area contributed by atoms with Crippen molar-refractivity contribution in [3.05, 3.63) is 11.3 Å². The molecule has 8 heteroatoms. The SMILES string of the molecule is C1CCN(c2nc(N3CCCC3)c3c4c(n(CCN5CCOCC5)c3n2)CCSC4)C1. The predicted octanol–water partition coefficient (Wildman–Crippen LogP) is 2.75. The third-order valence-electron chi connectivity index (χ3n) is 7.36. The van der Waals surface area contributed by atoms with Gasteiger partial charge in [0, 0.05) is 63.8 Å². The molecule has 31 heavy (non-hydrogen) atoms. The average molecular weight is 443 g/mol.